The highest BCUT2D eigenvalue weighted by atomic mass is 15.3. The highest BCUT2D eigenvalue weighted by Gasteiger charge is 2.31. The van der Waals surface area contributed by atoms with E-state index in [1.54, 1.807) is 0 Å². The highest BCUT2D eigenvalue weighted by Crippen LogP contribution is 2.33. The number of hydrogen-bond acceptors (Lipinski definition) is 3. The van der Waals surface area contributed by atoms with Crippen LogP contribution in [0.25, 0.3) is 11.4 Å². The molecular formula is C31H36N4. The van der Waals surface area contributed by atoms with Crippen molar-refractivity contribution in [2.45, 2.75) is 39.3 Å². The summed E-state index contributed by atoms with van der Waals surface area (Å²) in [4.78, 5) is 13.9. The summed E-state index contributed by atoms with van der Waals surface area (Å²) >= 11 is 0. The molecule has 1 atom stereocenters. The topological polar surface area (TPSA) is 35.2 Å². The largest absolute Gasteiger partial charge is 0.342 e. The highest BCUT2D eigenvalue weighted by molar-refractivity contribution is 5.56. The molecule has 1 aliphatic rings. The van der Waals surface area contributed by atoms with Crippen molar-refractivity contribution in [1.82, 2.24) is 19.8 Å². The number of aryl methyl sites for hydroxylation is 2. The van der Waals surface area contributed by atoms with Crippen molar-refractivity contribution in [2.75, 3.05) is 26.2 Å². The minimum absolute atomic E-state index is 0.292. The Labute approximate surface area is 209 Å². The molecule has 2 heterocycles. The number of aromatic nitrogens is 2. The summed E-state index contributed by atoms with van der Waals surface area (Å²) in [6.45, 7) is 10.7. The molecule has 0 saturated carbocycles. The van der Waals surface area contributed by atoms with E-state index in [1.807, 2.05) is 0 Å². The first kappa shape index (κ1) is 23.5. The molecule has 1 saturated heterocycles. The third kappa shape index (κ3) is 5.09. The van der Waals surface area contributed by atoms with Gasteiger partial charge >= 0.3 is 0 Å². The zero-order valence-corrected chi connectivity index (χ0v) is 21.1. The van der Waals surface area contributed by atoms with E-state index < -0.39 is 0 Å². The molecule has 3 aromatic carbocycles. The Morgan fingerprint density at radius 1 is 0.743 bits per heavy atom. The molecule has 0 spiro atoms. The number of rotatable bonds is 7. The Balaban J connectivity index is 1.34. The van der Waals surface area contributed by atoms with E-state index in [-0.39, 0.29) is 0 Å². The fourth-order valence-corrected chi connectivity index (χ4v) is 5.46. The second-order valence-electron chi connectivity index (χ2n) is 9.68. The molecule has 4 aromatic rings. The molecule has 1 N–H and O–H groups in total. The predicted octanol–water partition coefficient (Wildman–Crippen LogP) is 6.55. The maximum absolute atomic E-state index is 5.09. The third-order valence-electron chi connectivity index (χ3n) is 7.34. The van der Waals surface area contributed by atoms with E-state index in [2.05, 4.69) is 120 Å². The Bertz CT molecular complexity index is 1170. The van der Waals surface area contributed by atoms with E-state index in [0.717, 1.165) is 44.0 Å². The van der Waals surface area contributed by atoms with Crippen molar-refractivity contribution in [3.05, 3.63) is 113 Å². The lowest BCUT2D eigenvalue weighted by molar-refractivity contribution is 0.0753. The van der Waals surface area contributed by atoms with Gasteiger partial charge < -0.3 is 4.98 Å². The maximum atomic E-state index is 5.09. The van der Waals surface area contributed by atoms with Crippen LogP contribution in [0.5, 0.6) is 0 Å². The van der Waals surface area contributed by atoms with Gasteiger partial charge in [0.1, 0.15) is 5.82 Å². The molecule has 1 aliphatic heterocycles. The van der Waals surface area contributed by atoms with E-state index in [0.29, 0.717) is 12.1 Å². The molecule has 0 amide bonds. The lowest BCUT2D eigenvalue weighted by Gasteiger charge is -2.42. The monoisotopic (exact) mass is 464 g/mol. The zero-order valence-electron chi connectivity index (χ0n) is 21.1. The van der Waals surface area contributed by atoms with Crippen molar-refractivity contribution in [1.29, 1.82) is 0 Å². The third-order valence-corrected chi connectivity index (χ3v) is 7.34. The zero-order chi connectivity index (χ0) is 24.2. The number of nitrogens with zero attached hydrogens (tertiary/aromatic N) is 3. The number of benzene rings is 3. The lowest BCUT2D eigenvalue weighted by Crippen LogP contribution is -2.49. The van der Waals surface area contributed by atoms with Gasteiger partial charge in [0.15, 0.2) is 0 Å². The van der Waals surface area contributed by atoms with Crippen LogP contribution in [0.3, 0.4) is 0 Å². The number of imidazole rings is 1. The Hall–Kier alpha value is -3.21. The molecule has 4 heteroatoms. The predicted molar refractivity (Wildman–Crippen MR) is 144 cm³/mol. The van der Waals surface area contributed by atoms with Gasteiger partial charge in [-0.15, -0.1) is 0 Å². The van der Waals surface area contributed by atoms with Crippen LogP contribution in [-0.2, 0) is 0 Å². The number of piperazine rings is 1. The van der Waals surface area contributed by atoms with E-state index >= 15 is 0 Å². The second kappa shape index (κ2) is 10.6. The molecule has 4 nitrogen and oxygen atoms in total. The van der Waals surface area contributed by atoms with Gasteiger partial charge in [0.25, 0.3) is 0 Å². The van der Waals surface area contributed by atoms with Crippen LogP contribution in [0.2, 0.25) is 0 Å². The Morgan fingerprint density at radius 2 is 1.29 bits per heavy atom. The Morgan fingerprint density at radius 3 is 1.83 bits per heavy atom. The molecule has 5 rings (SSSR count). The molecule has 0 aliphatic carbocycles. The fraction of sp³-hybridized carbons (Fsp3) is 0.323. The van der Waals surface area contributed by atoms with Gasteiger partial charge in [-0.05, 0) is 31.4 Å². The number of nitrogens with one attached hydrogen (secondary N) is 1. The van der Waals surface area contributed by atoms with Crippen LogP contribution >= 0.6 is 0 Å². The molecule has 0 bridgehead atoms. The SMILES string of the molecule is CCC(c1nc(-c2ccc(C)cc2)[nH]c1C)N1CCN(C(c2ccccc2)c2ccccc2)CC1. The number of H-pyrrole nitrogens is 1. The summed E-state index contributed by atoms with van der Waals surface area (Å²) in [6.07, 6.45) is 1.06. The smallest absolute Gasteiger partial charge is 0.137 e. The molecule has 1 aromatic heterocycles. The number of hydrogen-bond donors (Lipinski definition) is 1. The first-order chi connectivity index (χ1) is 17.1. The van der Waals surface area contributed by atoms with Crippen LogP contribution in [0.4, 0.5) is 0 Å². The lowest BCUT2D eigenvalue weighted by atomic mass is 9.96. The molecule has 35 heavy (non-hydrogen) atoms. The first-order valence-corrected chi connectivity index (χ1v) is 12.9. The summed E-state index contributed by atoms with van der Waals surface area (Å²) < 4.78 is 0. The minimum Gasteiger partial charge on any atom is -0.342 e. The normalized spacial score (nSPS) is 16.0. The van der Waals surface area contributed by atoms with Crippen LogP contribution in [-0.4, -0.2) is 45.9 Å². The van der Waals surface area contributed by atoms with Crippen molar-refractivity contribution in [3.63, 3.8) is 0 Å². The minimum atomic E-state index is 0.292. The standard InChI is InChI=1S/C31H36N4/c1-4-28(29-24(3)32-31(33-29)27-17-15-23(2)16-18-27)34-19-21-35(22-20-34)30(25-11-7-5-8-12-25)26-13-9-6-10-14-26/h5-18,28,30H,4,19-22H2,1-3H3,(H,32,33). The van der Waals surface area contributed by atoms with Gasteiger partial charge in [-0.3, -0.25) is 9.80 Å². The van der Waals surface area contributed by atoms with Crippen molar-refractivity contribution < 1.29 is 0 Å². The van der Waals surface area contributed by atoms with Crippen molar-refractivity contribution in [3.8, 4) is 11.4 Å². The van der Waals surface area contributed by atoms with Crippen LogP contribution < -0.4 is 0 Å². The molecular weight excluding hydrogens is 428 g/mol. The number of aromatic amines is 1. The van der Waals surface area contributed by atoms with Crippen LogP contribution in [0.15, 0.2) is 84.9 Å². The van der Waals surface area contributed by atoms with Gasteiger partial charge in [0.05, 0.1) is 17.8 Å². The summed E-state index contributed by atoms with van der Waals surface area (Å²) in [7, 11) is 0. The molecule has 180 valence electrons. The average molecular weight is 465 g/mol. The van der Waals surface area contributed by atoms with E-state index in [1.165, 1.54) is 28.1 Å². The summed E-state index contributed by atoms with van der Waals surface area (Å²) in [6, 6.07) is 31.1. The van der Waals surface area contributed by atoms with Crippen LogP contribution in [0.1, 0.15) is 53.5 Å². The average Bonchev–Trinajstić information content (AvgIpc) is 3.28. The quantitative estimate of drug-likeness (QED) is 0.337. The maximum Gasteiger partial charge on any atom is 0.137 e. The Kier molecular flexibility index (Phi) is 7.12. The molecule has 1 unspecified atom stereocenters. The van der Waals surface area contributed by atoms with Gasteiger partial charge in [-0.1, -0.05) is 97.4 Å². The van der Waals surface area contributed by atoms with Crippen molar-refractivity contribution in [2.24, 2.45) is 0 Å². The summed E-state index contributed by atoms with van der Waals surface area (Å²) in [5.41, 5.74) is 7.53. The van der Waals surface area contributed by atoms with E-state index in [4.69, 9.17) is 4.98 Å². The fourth-order valence-electron chi connectivity index (χ4n) is 5.46. The summed E-state index contributed by atoms with van der Waals surface area (Å²) in [5.74, 6) is 0.975. The van der Waals surface area contributed by atoms with Gasteiger partial charge in [0.2, 0.25) is 0 Å². The van der Waals surface area contributed by atoms with Gasteiger partial charge in [-0.2, -0.15) is 0 Å². The first-order valence-electron chi connectivity index (χ1n) is 12.9. The van der Waals surface area contributed by atoms with Gasteiger partial charge in [0, 0.05) is 37.4 Å². The van der Waals surface area contributed by atoms with Crippen molar-refractivity contribution >= 4 is 0 Å². The van der Waals surface area contributed by atoms with E-state index in [9.17, 15) is 0 Å². The second-order valence-corrected chi connectivity index (χ2v) is 9.68. The van der Waals surface area contributed by atoms with Crippen LogP contribution in [0, 0.1) is 13.8 Å². The van der Waals surface area contributed by atoms with Gasteiger partial charge in [-0.25, -0.2) is 4.98 Å². The summed E-state index contributed by atoms with van der Waals surface area (Å²) in [5, 5.41) is 0. The molecule has 1 fully saturated rings. The molecule has 0 radical (unpaired) electrons.